The minimum Gasteiger partial charge on any atom is -0.302 e. The zero-order chi connectivity index (χ0) is 23.6. The van der Waals surface area contributed by atoms with Gasteiger partial charge < -0.3 is 5.32 Å². The van der Waals surface area contributed by atoms with Gasteiger partial charge in [0.25, 0.3) is 10.0 Å². The number of nitrogens with zero attached hydrogens (tertiary/aromatic N) is 3. The SMILES string of the molecule is Cc1nc(C)c(-c2csc(NC(=O)Cc3ccc(S(=O)(=O)N(C)c4ccccc4)cc3)n2)s1. The molecule has 170 valence electrons. The number of sulfonamides is 1. The first-order valence-electron chi connectivity index (χ1n) is 10.1. The fraction of sp³-hybridized carbons (Fsp3) is 0.174. The Morgan fingerprint density at radius 3 is 2.36 bits per heavy atom. The Labute approximate surface area is 200 Å². The van der Waals surface area contributed by atoms with Crippen LogP contribution >= 0.6 is 22.7 Å². The zero-order valence-electron chi connectivity index (χ0n) is 18.3. The van der Waals surface area contributed by atoms with Gasteiger partial charge in [-0.1, -0.05) is 30.3 Å². The van der Waals surface area contributed by atoms with Crippen LogP contribution in [-0.2, 0) is 21.2 Å². The van der Waals surface area contributed by atoms with E-state index in [4.69, 9.17) is 0 Å². The van der Waals surface area contributed by atoms with Crippen molar-refractivity contribution in [2.75, 3.05) is 16.7 Å². The summed E-state index contributed by atoms with van der Waals surface area (Å²) in [6.45, 7) is 3.89. The van der Waals surface area contributed by atoms with Crippen molar-refractivity contribution < 1.29 is 13.2 Å². The topological polar surface area (TPSA) is 92.3 Å². The van der Waals surface area contributed by atoms with E-state index in [-0.39, 0.29) is 17.2 Å². The molecule has 0 spiro atoms. The van der Waals surface area contributed by atoms with Crippen molar-refractivity contribution in [3.8, 4) is 10.6 Å². The number of nitrogens with one attached hydrogen (secondary N) is 1. The van der Waals surface area contributed by atoms with Crippen LogP contribution in [0.5, 0.6) is 0 Å². The van der Waals surface area contributed by atoms with Crippen LogP contribution in [0.25, 0.3) is 10.6 Å². The Morgan fingerprint density at radius 2 is 1.73 bits per heavy atom. The number of amides is 1. The van der Waals surface area contributed by atoms with Gasteiger partial charge in [0.2, 0.25) is 5.91 Å². The number of aryl methyl sites for hydroxylation is 2. The third-order valence-corrected chi connectivity index (χ3v) is 8.61. The highest BCUT2D eigenvalue weighted by Crippen LogP contribution is 2.32. The second-order valence-electron chi connectivity index (χ2n) is 7.36. The molecule has 0 radical (unpaired) electrons. The minimum atomic E-state index is -3.69. The molecule has 0 bridgehead atoms. The molecular formula is C23H22N4O3S3. The van der Waals surface area contributed by atoms with Crippen molar-refractivity contribution in [3.63, 3.8) is 0 Å². The van der Waals surface area contributed by atoms with Crippen LogP contribution in [0.15, 0.2) is 64.9 Å². The summed E-state index contributed by atoms with van der Waals surface area (Å²) in [6, 6.07) is 15.2. The average molecular weight is 499 g/mol. The lowest BCUT2D eigenvalue weighted by atomic mass is 10.1. The summed E-state index contributed by atoms with van der Waals surface area (Å²) in [7, 11) is -2.17. The zero-order valence-corrected chi connectivity index (χ0v) is 20.7. The first kappa shape index (κ1) is 23.1. The van der Waals surface area contributed by atoms with Crippen molar-refractivity contribution in [2.24, 2.45) is 0 Å². The van der Waals surface area contributed by atoms with E-state index in [2.05, 4.69) is 15.3 Å². The van der Waals surface area contributed by atoms with Gasteiger partial charge in [0, 0.05) is 12.4 Å². The van der Waals surface area contributed by atoms with Gasteiger partial charge >= 0.3 is 0 Å². The number of anilines is 2. The smallest absolute Gasteiger partial charge is 0.264 e. The van der Waals surface area contributed by atoms with E-state index in [1.54, 1.807) is 47.7 Å². The van der Waals surface area contributed by atoms with Crippen molar-refractivity contribution in [3.05, 3.63) is 76.2 Å². The number of benzene rings is 2. The molecule has 0 aliphatic rings. The molecule has 33 heavy (non-hydrogen) atoms. The number of carbonyl (C=O) groups excluding carboxylic acids is 1. The number of hydrogen-bond acceptors (Lipinski definition) is 7. The lowest BCUT2D eigenvalue weighted by Gasteiger charge is -2.19. The average Bonchev–Trinajstić information content (AvgIpc) is 3.39. The highest BCUT2D eigenvalue weighted by atomic mass is 32.2. The van der Waals surface area contributed by atoms with E-state index in [9.17, 15) is 13.2 Å². The second kappa shape index (κ2) is 9.42. The lowest BCUT2D eigenvalue weighted by molar-refractivity contribution is -0.115. The molecule has 2 heterocycles. The number of hydrogen-bond donors (Lipinski definition) is 1. The predicted molar refractivity (Wildman–Crippen MR) is 134 cm³/mol. The van der Waals surface area contributed by atoms with E-state index >= 15 is 0 Å². The molecule has 1 N–H and O–H groups in total. The van der Waals surface area contributed by atoms with Crippen molar-refractivity contribution in [1.29, 1.82) is 0 Å². The summed E-state index contributed by atoms with van der Waals surface area (Å²) in [5.74, 6) is -0.217. The first-order valence-corrected chi connectivity index (χ1v) is 13.2. The molecule has 0 saturated heterocycles. The summed E-state index contributed by atoms with van der Waals surface area (Å²) in [4.78, 5) is 22.6. The lowest BCUT2D eigenvalue weighted by Crippen LogP contribution is -2.26. The molecule has 7 nitrogen and oxygen atoms in total. The monoisotopic (exact) mass is 498 g/mol. The van der Waals surface area contributed by atoms with Crippen LogP contribution in [0.1, 0.15) is 16.3 Å². The Bertz CT molecular complexity index is 1380. The van der Waals surface area contributed by atoms with Gasteiger partial charge in [0.15, 0.2) is 5.13 Å². The molecule has 0 fully saturated rings. The fourth-order valence-electron chi connectivity index (χ4n) is 3.27. The van der Waals surface area contributed by atoms with Crippen LogP contribution in [-0.4, -0.2) is 31.3 Å². The van der Waals surface area contributed by atoms with Crippen molar-refractivity contribution in [1.82, 2.24) is 9.97 Å². The van der Waals surface area contributed by atoms with Crippen molar-refractivity contribution in [2.45, 2.75) is 25.2 Å². The van der Waals surface area contributed by atoms with E-state index < -0.39 is 10.0 Å². The third kappa shape index (κ3) is 5.13. The fourth-order valence-corrected chi connectivity index (χ4v) is 6.14. The summed E-state index contributed by atoms with van der Waals surface area (Å²) in [6.07, 6.45) is 0.114. The number of rotatable bonds is 7. The summed E-state index contributed by atoms with van der Waals surface area (Å²) in [5.41, 5.74) is 3.01. The molecule has 0 aliphatic carbocycles. The first-order chi connectivity index (χ1) is 15.7. The number of para-hydroxylation sites is 1. The van der Waals surface area contributed by atoms with Gasteiger partial charge in [-0.25, -0.2) is 18.4 Å². The number of thiazole rings is 2. The number of carbonyl (C=O) groups is 1. The molecule has 4 rings (SSSR count). The molecule has 0 atom stereocenters. The Morgan fingerprint density at radius 1 is 1.03 bits per heavy atom. The normalized spacial score (nSPS) is 11.4. The van der Waals surface area contributed by atoms with Crippen LogP contribution < -0.4 is 9.62 Å². The molecule has 0 unspecified atom stereocenters. The largest absolute Gasteiger partial charge is 0.302 e. The Kier molecular flexibility index (Phi) is 6.59. The van der Waals surface area contributed by atoms with Gasteiger partial charge in [-0.2, -0.15) is 0 Å². The molecular weight excluding hydrogens is 476 g/mol. The Balaban J connectivity index is 1.41. The Hall–Kier alpha value is -3.08. The van der Waals surface area contributed by atoms with Crippen LogP contribution in [0.3, 0.4) is 0 Å². The maximum atomic E-state index is 12.9. The van der Waals surface area contributed by atoms with E-state index in [0.29, 0.717) is 16.4 Å². The van der Waals surface area contributed by atoms with Crippen molar-refractivity contribution >= 4 is 49.4 Å². The van der Waals surface area contributed by atoms with Crippen LogP contribution in [0.4, 0.5) is 10.8 Å². The molecule has 2 aromatic heterocycles. The summed E-state index contributed by atoms with van der Waals surface area (Å²) in [5, 5.41) is 6.21. The third-order valence-electron chi connectivity index (χ3n) is 4.95. The minimum absolute atomic E-state index is 0.114. The molecule has 0 aliphatic heterocycles. The van der Waals surface area contributed by atoms with Gasteiger partial charge in [-0.05, 0) is 43.7 Å². The maximum Gasteiger partial charge on any atom is 0.264 e. The molecule has 10 heteroatoms. The summed E-state index contributed by atoms with van der Waals surface area (Å²) >= 11 is 2.93. The van der Waals surface area contributed by atoms with E-state index in [1.165, 1.54) is 34.8 Å². The second-order valence-corrected chi connectivity index (χ2v) is 11.4. The highest BCUT2D eigenvalue weighted by Gasteiger charge is 2.21. The van der Waals surface area contributed by atoms with Crippen LogP contribution in [0, 0.1) is 13.8 Å². The molecule has 0 saturated carbocycles. The molecule has 4 aromatic rings. The number of aromatic nitrogens is 2. The molecule has 1 amide bonds. The van der Waals surface area contributed by atoms with Gasteiger partial charge in [0.1, 0.15) is 0 Å². The predicted octanol–water partition coefficient (Wildman–Crippen LogP) is 4.89. The standard InChI is InChI=1S/C23H22N4O3S3/c1-15-22(32-16(2)24-15)20-14-31-23(25-20)26-21(28)13-17-9-11-19(12-10-17)33(29,30)27(3)18-7-5-4-6-8-18/h4-12,14H,13H2,1-3H3,(H,25,26,28). The van der Waals surface area contributed by atoms with Crippen LogP contribution in [0.2, 0.25) is 0 Å². The van der Waals surface area contributed by atoms with Gasteiger partial charge in [-0.15, -0.1) is 22.7 Å². The van der Waals surface area contributed by atoms with Gasteiger partial charge in [-0.3, -0.25) is 9.10 Å². The summed E-state index contributed by atoms with van der Waals surface area (Å²) < 4.78 is 27.0. The van der Waals surface area contributed by atoms with E-state index in [0.717, 1.165) is 21.3 Å². The van der Waals surface area contributed by atoms with Gasteiger partial charge in [0.05, 0.1) is 38.3 Å². The van der Waals surface area contributed by atoms with E-state index in [1.807, 2.05) is 25.3 Å². The highest BCUT2D eigenvalue weighted by molar-refractivity contribution is 7.92. The maximum absolute atomic E-state index is 12.9. The quantitative estimate of drug-likeness (QED) is 0.392. The molecule has 2 aromatic carbocycles.